The van der Waals surface area contributed by atoms with Crippen molar-refractivity contribution in [3.63, 3.8) is 0 Å². The fraction of sp³-hybridized carbons (Fsp3) is 0.909. The summed E-state index contributed by atoms with van der Waals surface area (Å²) in [7, 11) is 0. The molecular weight excluding hydrogens is 192 g/mol. The second-order valence-electron chi connectivity index (χ2n) is 4.60. The summed E-state index contributed by atoms with van der Waals surface area (Å²) >= 11 is 0. The van der Waals surface area contributed by atoms with Crippen molar-refractivity contribution in [2.45, 2.75) is 45.3 Å². The summed E-state index contributed by atoms with van der Waals surface area (Å²) in [5.41, 5.74) is -0.544. The molecule has 0 aliphatic carbocycles. The maximum absolute atomic E-state index is 11.6. The molecule has 0 bridgehead atoms. The summed E-state index contributed by atoms with van der Waals surface area (Å²) in [6, 6.07) is -0.0824. The van der Waals surface area contributed by atoms with Gasteiger partial charge in [-0.2, -0.15) is 0 Å². The van der Waals surface area contributed by atoms with E-state index in [1.807, 2.05) is 20.8 Å². The molecule has 15 heavy (non-hydrogen) atoms. The Morgan fingerprint density at radius 3 is 2.53 bits per heavy atom. The highest BCUT2D eigenvalue weighted by molar-refractivity contribution is 5.81. The Hall–Kier alpha value is -0.610. The summed E-state index contributed by atoms with van der Waals surface area (Å²) in [5, 5.41) is 12.6. The molecule has 1 atom stereocenters. The normalized spacial score (nSPS) is 23.5. The molecule has 0 aromatic rings. The largest absolute Gasteiger partial charge is 0.390 e. The first-order valence-electron chi connectivity index (χ1n) is 5.70. The second-order valence-corrected chi connectivity index (χ2v) is 4.60. The molecule has 0 aromatic carbocycles. The van der Waals surface area contributed by atoms with E-state index in [9.17, 15) is 9.90 Å². The lowest BCUT2D eigenvalue weighted by Crippen LogP contribution is -2.51. The lowest BCUT2D eigenvalue weighted by Gasteiger charge is -2.38. The molecule has 1 heterocycles. The monoisotopic (exact) mass is 214 g/mol. The molecule has 0 radical (unpaired) electrons. The zero-order valence-corrected chi connectivity index (χ0v) is 9.92. The number of rotatable bonds is 3. The number of likely N-dealkylation sites (N-methyl/N-ethyl adjacent to an activating group) is 1. The maximum atomic E-state index is 11.6. The van der Waals surface area contributed by atoms with Crippen molar-refractivity contribution in [1.29, 1.82) is 0 Å². The Labute approximate surface area is 91.6 Å². The Kier molecular flexibility index (Phi) is 4.11. The summed E-state index contributed by atoms with van der Waals surface area (Å²) in [4.78, 5) is 13.7. The molecule has 4 nitrogen and oxygen atoms in total. The summed E-state index contributed by atoms with van der Waals surface area (Å²) in [6.07, 6.45) is 1.49. The number of carbonyl (C=O) groups is 1. The third-order valence-electron chi connectivity index (χ3n) is 3.15. The molecule has 1 aliphatic heterocycles. The van der Waals surface area contributed by atoms with Crippen LogP contribution >= 0.6 is 0 Å². The van der Waals surface area contributed by atoms with Crippen LogP contribution in [0.3, 0.4) is 0 Å². The molecule has 2 N–H and O–H groups in total. The van der Waals surface area contributed by atoms with Gasteiger partial charge in [0.1, 0.15) is 0 Å². The average Bonchev–Trinajstić information content (AvgIpc) is 2.17. The summed E-state index contributed by atoms with van der Waals surface area (Å²) < 4.78 is 0. The van der Waals surface area contributed by atoms with Crippen LogP contribution in [0, 0.1) is 0 Å². The number of hydrogen-bond donors (Lipinski definition) is 2. The van der Waals surface area contributed by atoms with Crippen LogP contribution in [-0.2, 0) is 4.79 Å². The zero-order valence-electron chi connectivity index (χ0n) is 9.92. The van der Waals surface area contributed by atoms with Gasteiger partial charge in [-0.05, 0) is 33.6 Å². The predicted octanol–water partition coefficient (Wildman–Crippen LogP) is 0.358. The van der Waals surface area contributed by atoms with E-state index in [0.29, 0.717) is 6.54 Å². The van der Waals surface area contributed by atoms with Gasteiger partial charge in [-0.15, -0.1) is 0 Å². The molecule has 1 unspecified atom stereocenters. The van der Waals surface area contributed by atoms with E-state index in [4.69, 9.17) is 0 Å². The van der Waals surface area contributed by atoms with E-state index in [2.05, 4.69) is 10.2 Å². The molecule has 4 heteroatoms. The number of piperidine rings is 1. The number of nitrogens with zero attached hydrogens (tertiary/aromatic N) is 1. The van der Waals surface area contributed by atoms with Crippen LogP contribution < -0.4 is 5.32 Å². The molecule has 0 saturated carbocycles. The number of nitrogens with one attached hydrogen (secondary N) is 1. The zero-order chi connectivity index (χ0) is 11.5. The van der Waals surface area contributed by atoms with Crippen molar-refractivity contribution in [2.24, 2.45) is 0 Å². The van der Waals surface area contributed by atoms with Gasteiger partial charge in [0, 0.05) is 19.6 Å². The topological polar surface area (TPSA) is 52.6 Å². The van der Waals surface area contributed by atoms with E-state index < -0.39 is 5.60 Å². The first-order chi connectivity index (χ1) is 6.96. The highest BCUT2D eigenvalue weighted by Crippen LogP contribution is 2.22. The fourth-order valence-electron chi connectivity index (χ4n) is 1.88. The third-order valence-corrected chi connectivity index (χ3v) is 3.15. The number of hydrogen-bond acceptors (Lipinski definition) is 3. The molecule has 1 aliphatic rings. The second kappa shape index (κ2) is 4.94. The summed E-state index contributed by atoms with van der Waals surface area (Å²) in [6.45, 7) is 7.98. The van der Waals surface area contributed by atoms with Crippen LogP contribution in [0.15, 0.2) is 0 Å². The van der Waals surface area contributed by atoms with Crippen molar-refractivity contribution in [3.8, 4) is 0 Å². The van der Waals surface area contributed by atoms with Gasteiger partial charge < -0.3 is 10.4 Å². The van der Waals surface area contributed by atoms with Crippen LogP contribution in [0.2, 0.25) is 0 Å². The average molecular weight is 214 g/mol. The van der Waals surface area contributed by atoms with Crippen LogP contribution in [-0.4, -0.2) is 47.2 Å². The SMILES string of the molecule is CCNC(=O)C(C)N1CCC(C)(O)CC1. The minimum atomic E-state index is -0.544. The first kappa shape index (κ1) is 12.5. The molecule has 0 spiro atoms. The lowest BCUT2D eigenvalue weighted by molar-refractivity contribution is -0.127. The minimum Gasteiger partial charge on any atom is -0.390 e. The van der Waals surface area contributed by atoms with Crippen molar-refractivity contribution in [1.82, 2.24) is 10.2 Å². The number of amides is 1. The van der Waals surface area contributed by atoms with Crippen molar-refractivity contribution in [3.05, 3.63) is 0 Å². The number of likely N-dealkylation sites (tertiary alicyclic amines) is 1. The van der Waals surface area contributed by atoms with Crippen LogP contribution in [0.5, 0.6) is 0 Å². The van der Waals surface area contributed by atoms with E-state index in [1.165, 1.54) is 0 Å². The number of carbonyl (C=O) groups excluding carboxylic acids is 1. The van der Waals surface area contributed by atoms with Gasteiger partial charge in [0.2, 0.25) is 5.91 Å². The highest BCUT2D eigenvalue weighted by atomic mass is 16.3. The van der Waals surface area contributed by atoms with Crippen molar-refractivity contribution < 1.29 is 9.90 Å². The van der Waals surface area contributed by atoms with Gasteiger partial charge in [0.25, 0.3) is 0 Å². The van der Waals surface area contributed by atoms with E-state index in [-0.39, 0.29) is 11.9 Å². The Balaban J connectivity index is 2.42. The molecule has 1 amide bonds. The first-order valence-corrected chi connectivity index (χ1v) is 5.70. The van der Waals surface area contributed by atoms with Gasteiger partial charge in [-0.1, -0.05) is 0 Å². The molecule has 1 saturated heterocycles. The van der Waals surface area contributed by atoms with Crippen LogP contribution in [0.1, 0.15) is 33.6 Å². The number of aliphatic hydroxyl groups is 1. The van der Waals surface area contributed by atoms with Gasteiger partial charge in [-0.3, -0.25) is 9.69 Å². The third kappa shape index (κ3) is 3.47. The van der Waals surface area contributed by atoms with Crippen LogP contribution in [0.25, 0.3) is 0 Å². The quantitative estimate of drug-likeness (QED) is 0.713. The van der Waals surface area contributed by atoms with Crippen molar-refractivity contribution >= 4 is 5.91 Å². The van der Waals surface area contributed by atoms with E-state index >= 15 is 0 Å². The fourth-order valence-corrected chi connectivity index (χ4v) is 1.88. The standard InChI is InChI=1S/C11H22N2O2/c1-4-12-10(14)9(2)13-7-5-11(3,15)6-8-13/h9,15H,4-8H2,1-3H3,(H,12,14). The molecule has 1 rings (SSSR count). The molecular formula is C11H22N2O2. The Morgan fingerprint density at radius 1 is 1.53 bits per heavy atom. The van der Waals surface area contributed by atoms with Gasteiger partial charge in [0.15, 0.2) is 0 Å². The highest BCUT2D eigenvalue weighted by Gasteiger charge is 2.31. The molecule has 0 aromatic heterocycles. The van der Waals surface area contributed by atoms with E-state index in [1.54, 1.807) is 0 Å². The minimum absolute atomic E-state index is 0.0824. The van der Waals surface area contributed by atoms with Crippen molar-refractivity contribution in [2.75, 3.05) is 19.6 Å². The molecule has 88 valence electrons. The van der Waals surface area contributed by atoms with Crippen LogP contribution in [0.4, 0.5) is 0 Å². The lowest BCUT2D eigenvalue weighted by atomic mass is 9.93. The molecule has 1 fully saturated rings. The summed E-state index contributed by atoms with van der Waals surface area (Å²) in [5.74, 6) is 0.0824. The van der Waals surface area contributed by atoms with Gasteiger partial charge >= 0.3 is 0 Å². The smallest absolute Gasteiger partial charge is 0.237 e. The Bertz CT molecular complexity index is 219. The maximum Gasteiger partial charge on any atom is 0.237 e. The Morgan fingerprint density at radius 2 is 2.07 bits per heavy atom. The van der Waals surface area contributed by atoms with E-state index in [0.717, 1.165) is 25.9 Å². The van der Waals surface area contributed by atoms with Gasteiger partial charge in [-0.25, -0.2) is 0 Å². The predicted molar refractivity (Wildman–Crippen MR) is 59.6 cm³/mol. The van der Waals surface area contributed by atoms with Gasteiger partial charge in [0.05, 0.1) is 11.6 Å².